The van der Waals surface area contributed by atoms with E-state index in [0.717, 1.165) is 0 Å². The Morgan fingerprint density at radius 2 is 1.34 bits per heavy atom. The van der Waals surface area contributed by atoms with Gasteiger partial charge in [-0.05, 0) is 18.6 Å². The molecule has 1 aliphatic rings. The summed E-state index contributed by atoms with van der Waals surface area (Å²) in [5.74, 6) is -6.06. The molecule has 0 fully saturated rings. The zero-order chi connectivity index (χ0) is 20.9. The van der Waals surface area contributed by atoms with E-state index in [1.165, 1.54) is 31.4 Å². The van der Waals surface area contributed by atoms with E-state index < -0.39 is 45.8 Å². The van der Waals surface area contributed by atoms with E-state index in [4.69, 9.17) is 4.74 Å². The largest absolute Gasteiger partial charge is 0.495 e. The zero-order valence-electron chi connectivity index (χ0n) is 15.4. The zero-order valence-corrected chi connectivity index (χ0v) is 15.4. The number of fused-ring (bicyclic) bond motifs is 2. The number of carbonyl (C=O) groups excluding carboxylic acids is 2. The highest BCUT2D eigenvalue weighted by molar-refractivity contribution is 6.28. The van der Waals surface area contributed by atoms with Crippen molar-refractivity contribution >= 4 is 22.9 Å². The Morgan fingerprint density at radius 3 is 1.93 bits per heavy atom. The van der Waals surface area contributed by atoms with Crippen LogP contribution in [0.2, 0.25) is 0 Å². The fraction of sp³-hybridized carbons (Fsp3) is 0.0909. The number of methoxy groups -OCH3 is 1. The van der Waals surface area contributed by atoms with Gasteiger partial charge in [0.1, 0.15) is 11.4 Å². The molecule has 3 aromatic carbocycles. The third kappa shape index (κ3) is 2.69. The van der Waals surface area contributed by atoms with E-state index in [-0.39, 0.29) is 22.6 Å². The number of carbonyl (C=O) groups is 2. The Kier molecular flexibility index (Phi) is 4.38. The second kappa shape index (κ2) is 6.77. The second-order valence-electron chi connectivity index (χ2n) is 6.55. The number of hydrogen-bond donors (Lipinski definition) is 1. The highest BCUT2D eigenvalue weighted by Crippen LogP contribution is 2.39. The maximum atomic E-state index is 15.3. The third-order valence-electron chi connectivity index (χ3n) is 4.90. The molecule has 0 amide bonds. The van der Waals surface area contributed by atoms with Crippen LogP contribution in [0.3, 0.4) is 0 Å². The average Bonchev–Trinajstić information content (AvgIpc) is 2.72. The van der Waals surface area contributed by atoms with Crippen LogP contribution < -0.4 is 10.1 Å². The number of ether oxygens (including phenoxy) is 1. The number of nitrogens with one attached hydrogen (secondary N) is 1. The second-order valence-corrected chi connectivity index (χ2v) is 6.55. The van der Waals surface area contributed by atoms with Crippen LogP contribution in [0, 0.1) is 24.4 Å². The first-order valence-electron chi connectivity index (χ1n) is 8.66. The molecule has 29 heavy (non-hydrogen) atoms. The number of aryl methyl sites for hydroxylation is 1. The van der Waals surface area contributed by atoms with Crippen molar-refractivity contribution in [2.24, 2.45) is 0 Å². The summed E-state index contributed by atoms with van der Waals surface area (Å²) in [5, 5.41) is 2.50. The summed E-state index contributed by atoms with van der Waals surface area (Å²) in [5.41, 5.74) is -1.92. The number of hydrogen-bond acceptors (Lipinski definition) is 4. The molecular formula is C22H14F3NO3. The Bertz CT molecular complexity index is 1200. The van der Waals surface area contributed by atoms with Gasteiger partial charge in [-0.15, -0.1) is 0 Å². The van der Waals surface area contributed by atoms with Gasteiger partial charge in [-0.3, -0.25) is 9.59 Å². The average molecular weight is 397 g/mol. The van der Waals surface area contributed by atoms with E-state index in [0.29, 0.717) is 5.56 Å². The number of ketones is 2. The summed E-state index contributed by atoms with van der Waals surface area (Å²) < 4.78 is 50.1. The van der Waals surface area contributed by atoms with E-state index in [9.17, 15) is 18.4 Å². The van der Waals surface area contributed by atoms with Gasteiger partial charge in [0.2, 0.25) is 0 Å². The fourth-order valence-electron chi connectivity index (χ4n) is 3.44. The molecule has 146 valence electrons. The van der Waals surface area contributed by atoms with Crippen LogP contribution in [0.1, 0.15) is 37.4 Å². The van der Waals surface area contributed by atoms with Gasteiger partial charge in [0.15, 0.2) is 29.0 Å². The van der Waals surface area contributed by atoms with Crippen molar-refractivity contribution in [1.82, 2.24) is 0 Å². The minimum absolute atomic E-state index is 0.0608. The summed E-state index contributed by atoms with van der Waals surface area (Å²) in [6.45, 7) is 1.67. The molecule has 1 aliphatic carbocycles. The van der Waals surface area contributed by atoms with Crippen molar-refractivity contribution in [1.29, 1.82) is 0 Å². The molecule has 0 heterocycles. The summed E-state index contributed by atoms with van der Waals surface area (Å²) in [6.07, 6.45) is 0. The molecule has 0 atom stereocenters. The minimum Gasteiger partial charge on any atom is -0.495 e. The van der Waals surface area contributed by atoms with Gasteiger partial charge in [-0.25, -0.2) is 13.2 Å². The minimum atomic E-state index is -1.59. The molecule has 0 bridgehead atoms. The van der Waals surface area contributed by atoms with Gasteiger partial charge >= 0.3 is 0 Å². The van der Waals surface area contributed by atoms with Crippen molar-refractivity contribution in [3.05, 3.63) is 87.7 Å². The van der Waals surface area contributed by atoms with Crippen molar-refractivity contribution in [3.63, 3.8) is 0 Å². The Hall–Kier alpha value is -3.61. The van der Waals surface area contributed by atoms with Crippen molar-refractivity contribution in [2.75, 3.05) is 12.4 Å². The lowest BCUT2D eigenvalue weighted by Gasteiger charge is -2.22. The molecule has 0 aromatic heterocycles. The first-order chi connectivity index (χ1) is 13.9. The van der Waals surface area contributed by atoms with Crippen molar-refractivity contribution in [3.8, 4) is 5.75 Å². The van der Waals surface area contributed by atoms with Gasteiger partial charge in [0.25, 0.3) is 0 Å². The van der Waals surface area contributed by atoms with Crippen molar-refractivity contribution < 1.29 is 27.5 Å². The van der Waals surface area contributed by atoms with Crippen LogP contribution in [0.5, 0.6) is 5.75 Å². The van der Waals surface area contributed by atoms with Crippen LogP contribution in [0.15, 0.2) is 42.5 Å². The molecule has 0 saturated carbocycles. The number of rotatable bonds is 3. The topological polar surface area (TPSA) is 55.4 Å². The Morgan fingerprint density at radius 1 is 0.759 bits per heavy atom. The highest BCUT2D eigenvalue weighted by Gasteiger charge is 2.38. The maximum Gasteiger partial charge on any atom is 0.197 e. The lowest BCUT2D eigenvalue weighted by atomic mass is 9.83. The molecule has 3 aromatic rings. The number of benzene rings is 3. The molecule has 1 N–H and O–H groups in total. The van der Waals surface area contributed by atoms with Gasteiger partial charge in [-0.2, -0.15) is 0 Å². The lowest BCUT2D eigenvalue weighted by Crippen LogP contribution is -2.25. The first kappa shape index (κ1) is 18.7. The molecule has 4 rings (SSSR count). The normalized spacial score (nSPS) is 12.4. The number of para-hydroxylation sites is 1. The van der Waals surface area contributed by atoms with Gasteiger partial charge in [0.05, 0.1) is 23.9 Å². The molecule has 0 unspecified atom stereocenters. The van der Waals surface area contributed by atoms with Crippen LogP contribution in [0.25, 0.3) is 0 Å². The smallest absolute Gasteiger partial charge is 0.197 e. The van der Waals surface area contributed by atoms with Gasteiger partial charge < -0.3 is 10.1 Å². The summed E-state index contributed by atoms with van der Waals surface area (Å²) >= 11 is 0. The molecule has 0 radical (unpaired) electrons. The summed E-state index contributed by atoms with van der Waals surface area (Å²) in [6, 6.07) is 10.6. The van der Waals surface area contributed by atoms with Crippen LogP contribution in [-0.2, 0) is 0 Å². The maximum absolute atomic E-state index is 15.3. The van der Waals surface area contributed by atoms with E-state index in [1.807, 2.05) is 0 Å². The SMILES string of the molecule is COc1cccc(C)c1Nc1c(F)c(F)c2c(c1F)C(=O)c1ccccc1C2=O. The number of halogens is 3. The monoisotopic (exact) mass is 397 g/mol. The van der Waals surface area contributed by atoms with Gasteiger partial charge in [-0.1, -0.05) is 36.4 Å². The molecule has 4 nitrogen and oxygen atoms in total. The van der Waals surface area contributed by atoms with Crippen LogP contribution in [0.4, 0.5) is 24.5 Å². The van der Waals surface area contributed by atoms with Crippen LogP contribution in [-0.4, -0.2) is 18.7 Å². The van der Waals surface area contributed by atoms with Crippen molar-refractivity contribution in [2.45, 2.75) is 6.92 Å². The predicted octanol–water partition coefficient (Wildman–Crippen LogP) is 4.94. The third-order valence-corrected chi connectivity index (χ3v) is 4.90. The lowest BCUT2D eigenvalue weighted by molar-refractivity contribution is 0.0971. The molecule has 0 spiro atoms. The summed E-state index contributed by atoms with van der Waals surface area (Å²) in [7, 11) is 1.37. The standard InChI is InChI=1S/C22H14F3NO3/c1-10-6-5-9-13(29-2)19(10)26-20-17(24)15-14(16(23)18(20)25)21(27)11-7-3-4-8-12(11)22(15)28/h3-9,26H,1-2H3. The molecular weight excluding hydrogens is 383 g/mol. The highest BCUT2D eigenvalue weighted by atomic mass is 19.2. The van der Waals surface area contributed by atoms with E-state index in [1.54, 1.807) is 25.1 Å². The molecule has 7 heteroatoms. The quantitative estimate of drug-likeness (QED) is 0.498. The van der Waals surface area contributed by atoms with E-state index >= 15 is 4.39 Å². The molecule has 0 saturated heterocycles. The summed E-state index contributed by atoms with van der Waals surface area (Å²) in [4.78, 5) is 25.4. The van der Waals surface area contributed by atoms with Gasteiger partial charge in [0, 0.05) is 11.1 Å². The Labute approximate surface area is 163 Å². The fourth-order valence-corrected chi connectivity index (χ4v) is 3.44. The van der Waals surface area contributed by atoms with E-state index in [2.05, 4.69) is 5.32 Å². The first-order valence-corrected chi connectivity index (χ1v) is 8.66. The molecule has 0 aliphatic heterocycles. The predicted molar refractivity (Wildman–Crippen MR) is 101 cm³/mol. The Balaban J connectivity index is 1.96. The number of anilines is 2. The van der Waals surface area contributed by atoms with Crippen LogP contribution >= 0.6 is 0 Å².